The third-order valence-electron chi connectivity index (χ3n) is 1.72. The number of halogens is 1. The summed E-state index contributed by atoms with van der Waals surface area (Å²) in [6.07, 6.45) is 3.46. The van der Waals surface area contributed by atoms with Crippen molar-refractivity contribution in [3.05, 3.63) is 41.1 Å². The normalized spacial score (nSPS) is 10.2. The van der Waals surface area contributed by atoms with Crippen molar-refractivity contribution in [2.75, 3.05) is 5.73 Å². The Morgan fingerprint density at radius 1 is 1.07 bits per heavy atom. The lowest BCUT2D eigenvalue weighted by Gasteiger charge is -2.03. The first-order chi connectivity index (χ1) is 7.27. The number of hydrogen-bond donors (Lipinski definition) is 1. The van der Waals surface area contributed by atoms with E-state index in [4.69, 9.17) is 5.73 Å². The van der Waals surface area contributed by atoms with Gasteiger partial charge >= 0.3 is 0 Å². The van der Waals surface area contributed by atoms with E-state index >= 15 is 0 Å². The molecule has 0 atom stereocenters. The van der Waals surface area contributed by atoms with E-state index in [1.165, 1.54) is 11.8 Å². The second-order valence-electron chi connectivity index (χ2n) is 2.79. The number of anilines is 1. The van der Waals surface area contributed by atoms with Crippen molar-refractivity contribution < 1.29 is 0 Å². The smallest absolute Gasteiger partial charge is 0.125 e. The summed E-state index contributed by atoms with van der Waals surface area (Å²) in [5.74, 6) is 0. The van der Waals surface area contributed by atoms with Gasteiger partial charge in [0.25, 0.3) is 0 Å². The quantitative estimate of drug-likeness (QED) is 0.920. The molecule has 0 fully saturated rings. The van der Waals surface area contributed by atoms with Gasteiger partial charge in [0.2, 0.25) is 0 Å². The molecule has 5 heteroatoms. The van der Waals surface area contributed by atoms with Crippen LogP contribution >= 0.6 is 27.7 Å². The van der Waals surface area contributed by atoms with Gasteiger partial charge in [0, 0.05) is 12.4 Å². The average molecular weight is 282 g/mol. The van der Waals surface area contributed by atoms with E-state index in [1.54, 1.807) is 12.4 Å². The summed E-state index contributed by atoms with van der Waals surface area (Å²) >= 11 is 4.87. The minimum Gasteiger partial charge on any atom is -0.397 e. The molecular formula is C10H8BrN3S. The summed E-state index contributed by atoms with van der Waals surface area (Å²) in [4.78, 5) is 8.43. The van der Waals surface area contributed by atoms with E-state index < -0.39 is 0 Å². The molecule has 3 nitrogen and oxygen atoms in total. The van der Waals surface area contributed by atoms with Crippen LogP contribution in [0.25, 0.3) is 0 Å². The second-order valence-corrected chi connectivity index (χ2v) is 4.62. The number of nitrogen functional groups attached to an aromatic ring is 1. The molecule has 2 rings (SSSR count). The molecule has 0 bridgehead atoms. The second kappa shape index (κ2) is 4.63. The Morgan fingerprint density at radius 3 is 2.40 bits per heavy atom. The van der Waals surface area contributed by atoms with Crippen LogP contribution in [0.4, 0.5) is 5.69 Å². The van der Waals surface area contributed by atoms with Gasteiger partial charge in [0.15, 0.2) is 0 Å². The first-order valence-electron chi connectivity index (χ1n) is 4.26. The summed E-state index contributed by atoms with van der Waals surface area (Å²) in [6.45, 7) is 0. The van der Waals surface area contributed by atoms with Crippen molar-refractivity contribution in [2.45, 2.75) is 10.1 Å². The molecule has 0 radical (unpaired) electrons. The number of nitrogens with zero attached hydrogens (tertiary/aromatic N) is 2. The summed E-state index contributed by atoms with van der Waals surface area (Å²) in [5, 5.41) is 1.64. The molecule has 2 aromatic rings. The minimum absolute atomic E-state index is 0.667. The summed E-state index contributed by atoms with van der Waals surface area (Å²) in [7, 11) is 0. The van der Waals surface area contributed by atoms with E-state index in [1.807, 2.05) is 24.3 Å². The van der Waals surface area contributed by atoms with Crippen LogP contribution in [-0.4, -0.2) is 9.97 Å². The van der Waals surface area contributed by atoms with E-state index in [0.717, 1.165) is 14.5 Å². The van der Waals surface area contributed by atoms with Crippen molar-refractivity contribution >= 4 is 33.4 Å². The maximum absolute atomic E-state index is 5.79. The zero-order chi connectivity index (χ0) is 10.7. The van der Waals surface area contributed by atoms with Crippen LogP contribution in [-0.2, 0) is 0 Å². The largest absolute Gasteiger partial charge is 0.397 e. The fourth-order valence-electron chi connectivity index (χ4n) is 1.03. The monoisotopic (exact) mass is 281 g/mol. The highest BCUT2D eigenvalue weighted by Crippen LogP contribution is 2.32. The van der Waals surface area contributed by atoms with Crippen molar-refractivity contribution in [1.29, 1.82) is 0 Å². The molecule has 0 aromatic carbocycles. The fraction of sp³-hybridized carbons (Fsp3) is 0. The lowest BCUT2D eigenvalue weighted by molar-refractivity contribution is 1.08. The molecule has 0 saturated heterocycles. The van der Waals surface area contributed by atoms with Crippen LogP contribution in [0.1, 0.15) is 0 Å². The van der Waals surface area contributed by atoms with Crippen molar-refractivity contribution in [3.8, 4) is 0 Å². The van der Waals surface area contributed by atoms with Gasteiger partial charge < -0.3 is 5.73 Å². The summed E-state index contributed by atoms with van der Waals surface area (Å²) in [5.41, 5.74) is 6.46. The first kappa shape index (κ1) is 10.4. The Labute approximate surface area is 100 Å². The summed E-state index contributed by atoms with van der Waals surface area (Å²) < 4.78 is 0.944. The average Bonchev–Trinajstić information content (AvgIpc) is 2.24. The Bertz CT molecular complexity index is 432. The first-order valence-corrected chi connectivity index (χ1v) is 5.87. The zero-order valence-corrected chi connectivity index (χ0v) is 10.1. The third-order valence-corrected chi connectivity index (χ3v) is 3.67. The van der Waals surface area contributed by atoms with Gasteiger partial charge in [-0.3, -0.25) is 0 Å². The fourth-order valence-corrected chi connectivity index (χ4v) is 2.29. The van der Waals surface area contributed by atoms with Gasteiger partial charge in [-0.25, -0.2) is 9.97 Å². The Balaban J connectivity index is 2.30. The van der Waals surface area contributed by atoms with Gasteiger partial charge in [-0.1, -0.05) is 0 Å². The number of pyridine rings is 2. The SMILES string of the molecule is Nc1cccnc1Sc1ncccc1Br. The topological polar surface area (TPSA) is 51.8 Å². The van der Waals surface area contributed by atoms with Crippen LogP contribution < -0.4 is 5.73 Å². The number of nitrogens with two attached hydrogens (primary N) is 1. The highest BCUT2D eigenvalue weighted by molar-refractivity contribution is 9.10. The Hall–Kier alpha value is -1.07. The molecule has 0 amide bonds. The minimum atomic E-state index is 0.667. The molecule has 2 N–H and O–H groups in total. The molecule has 0 aliphatic heterocycles. The maximum Gasteiger partial charge on any atom is 0.125 e. The van der Waals surface area contributed by atoms with Crippen LogP contribution in [0.15, 0.2) is 51.2 Å². The standard InChI is InChI=1S/C10H8BrN3S/c11-7-3-1-5-13-9(7)15-10-8(12)4-2-6-14-10/h1-6H,12H2. The van der Waals surface area contributed by atoms with Crippen molar-refractivity contribution in [2.24, 2.45) is 0 Å². The van der Waals surface area contributed by atoms with E-state index in [2.05, 4.69) is 25.9 Å². The predicted molar refractivity (Wildman–Crippen MR) is 64.7 cm³/mol. The van der Waals surface area contributed by atoms with Crippen LogP contribution in [0, 0.1) is 0 Å². The van der Waals surface area contributed by atoms with Gasteiger partial charge in [-0.2, -0.15) is 0 Å². The molecular weight excluding hydrogens is 274 g/mol. The molecule has 15 heavy (non-hydrogen) atoms. The molecule has 0 aliphatic rings. The van der Waals surface area contributed by atoms with Gasteiger partial charge in [0.05, 0.1) is 10.2 Å². The lowest BCUT2D eigenvalue weighted by Crippen LogP contribution is -1.91. The predicted octanol–water partition coefficient (Wildman–Crippen LogP) is 2.97. The highest BCUT2D eigenvalue weighted by atomic mass is 79.9. The van der Waals surface area contributed by atoms with Crippen LogP contribution in [0.5, 0.6) is 0 Å². The van der Waals surface area contributed by atoms with Gasteiger partial charge in [-0.15, -0.1) is 0 Å². The molecule has 2 aromatic heterocycles. The Morgan fingerprint density at radius 2 is 1.73 bits per heavy atom. The van der Waals surface area contributed by atoms with Crippen LogP contribution in [0.2, 0.25) is 0 Å². The molecule has 0 aliphatic carbocycles. The maximum atomic E-state index is 5.79. The van der Waals surface area contributed by atoms with Gasteiger partial charge in [-0.05, 0) is 52.0 Å². The molecule has 0 spiro atoms. The van der Waals surface area contributed by atoms with Crippen molar-refractivity contribution in [1.82, 2.24) is 9.97 Å². The molecule has 0 unspecified atom stereocenters. The van der Waals surface area contributed by atoms with Gasteiger partial charge in [0.1, 0.15) is 10.1 Å². The van der Waals surface area contributed by atoms with E-state index in [-0.39, 0.29) is 0 Å². The number of hydrogen-bond acceptors (Lipinski definition) is 4. The number of rotatable bonds is 2. The lowest BCUT2D eigenvalue weighted by atomic mass is 10.4. The molecule has 76 valence electrons. The van der Waals surface area contributed by atoms with Crippen molar-refractivity contribution in [3.63, 3.8) is 0 Å². The number of aromatic nitrogens is 2. The highest BCUT2D eigenvalue weighted by Gasteiger charge is 2.06. The molecule has 2 heterocycles. The third kappa shape index (κ3) is 2.49. The molecule has 0 saturated carbocycles. The Kier molecular flexibility index (Phi) is 3.23. The summed E-state index contributed by atoms with van der Waals surface area (Å²) in [6, 6.07) is 7.45. The van der Waals surface area contributed by atoms with Crippen LogP contribution in [0.3, 0.4) is 0 Å². The van der Waals surface area contributed by atoms with E-state index in [9.17, 15) is 0 Å². The van der Waals surface area contributed by atoms with E-state index in [0.29, 0.717) is 5.69 Å². The zero-order valence-electron chi connectivity index (χ0n) is 7.72.